The van der Waals surface area contributed by atoms with E-state index in [1.807, 2.05) is 30.3 Å². The number of alkyl halides is 2. The van der Waals surface area contributed by atoms with Crippen LogP contribution in [0.1, 0.15) is 30.5 Å². The van der Waals surface area contributed by atoms with Crippen molar-refractivity contribution >= 4 is 23.6 Å². The summed E-state index contributed by atoms with van der Waals surface area (Å²) >= 11 is 0. The van der Waals surface area contributed by atoms with Gasteiger partial charge in [-0.15, -0.1) is 0 Å². The number of carbonyl (C=O) groups excluding carboxylic acids is 2. The molecule has 140 valence electrons. The first-order chi connectivity index (χ1) is 12.9. The number of fused-ring (bicyclic) bond motifs is 1. The molecule has 1 atom stereocenters. The zero-order valence-corrected chi connectivity index (χ0v) is 14.6. The van der Waals surface area contributed by atoms with Crippen LogP contribution in [0.4, 0.5) is 14.5 Å². The predicted octanol–water partition coefficient (Wildman–Crippen LogP) is 4.19. The van der Waals surface area contributed by atoms with Crippen LogP contribution in [0.3, 0.4) is 0 Å². The monoisotopic (exact) mass is 372 g/mol. The van der Waals surface area contributed by atoms with Crippen LogP contribution >= 0.6 is 0 Å². The fourth-order valence-electron chi connectivity index (χ4n) is 3.02. The highest BCUT2D eigenvalue weighted by Gasteiger charge is 2.28. The number of anilines is 1. The van der Waals surface area contributed by atoms with E-state index >= 15 is 0 Å². The average Bonchev–Trinajstić information content (AvgIpc) is 2.63. The Bertz CT molecular complexity index is 866. The van der Waals surface area contributed by atoms with Crippen molar-refractivity contribution < 1.29 is 23.1 Å². The molecule has 1 heterocycles. The van der Waals surface area contributed by atoms with E-state index in [-0.39, 0.29) is 24.0 Å². The summed E-state index contributed by atoms with van der Waals surface area (Å²) in [7, 11) is 0. The minimum Gasteiger partial charge on any atom is -0.435 e. The van der Waals surface area contributed by atoms with Gasteiger partial charge in [-0.05, 0) is 41.5 Å². The largest absolute Gasteiger partial charge is 0.435 e. The number of benzene rings is 2. The lowest BCUT2D eigenvalue weighted by molar-refractivity contribution is -0.129. The van der Waals surface area contributed by atoms with E-state index in [1.165, 1.54) is 36.1 Å². The van der Waals surface area contributed by atoms with Crippen molar-refractivity contribution in [3.63, 3.8) is 0 Å². The maximum Gasteiger partial charge on any atom is 0.387 e. The summed E-state index contributed by atoms with van der Waals surface area (Å²) in [5, 5.41) is 2.72. The van der Waals surface area contributed by atoms with Gasteiger partial charge >= 0.3 is 6.61 Å². The third-order valence-corrected chi connectivity index (χ3v) is 4.21. The maximum absolute atomic E-state index is 12.5. The first kappa shape index (κ1) is 18.6. The highest BCUT2D eigenvalue weighted by Crippen LogP contribution is 2.33. The van der Waals surface area contributed by atoms with Gasteiger partial charge in [0.05, 0.1) is 12.5 Å². The Balaban J connectivity index is 1.72. The van der Waals surface area contributed by atoms with Crippen molar-refractivity contribution in [2.24, 2.45) is 0 Å². The van der Waals surface area contributed by atoms with Crippen molar-refractivity contribution in [2.45, 2.75) is 26.0 Å². The number of amides is 2. The van der Waals surface area contributed by atoms with Crippen molar-refractivity contribution in [1.82, 2.24) is 4.90 Å². The van der Waals surface area contributed by atoms with Crippen LogP contribution in [0.5, 0.6) is 5.75 Å². The number of ether oxygens (including phenoxy) is 1. The normalized spacial score (nSPS) is 15.4. The molecule has 27 heavy (non-hydrogen) atoms. The highest BCUT2D eigenvalue weighted by atomic mass is 19.3. The van der Waals surface area contributed by atoms with E-state index in [9.17, 15) is 18.4 Å². The lowest BCUT2D eigenvalue weighted by Gasteiger charge is -2.32. The van der Waals surface area contributed by atoms with Gasteiger partial charge in [0.1, 0.15) is 5.75 Å². The van der Waals surface area contributed by atoms with Crippen LogP contribution in [0.2, 0.25) is 0 Å². The van der Waals surface area contributed by atoms with E-state index in [0.29, 0.717) is 5.69 Å². The number of carbonyl (C=O) groups is 2. The van der Waals surface area contributed by atoms with Gasteiger partial charge in [-0.3, -0.25) is 9.59 Å². The molecule has 2 aromatic rings. The van der Waals surface area contributed by atoms with E-state index < -0.39 is 12.7 Å². The average molecular weight is 372 g/mol. The molecular formula is C20H18F2N2O3. The van der Waals surface area contributed by atoms with Crippen molar-refractivity contribution in [1.29, 1.82) is 0 Å². The summed E-state index contributed by atoms with van der Waals surface area (Å²) in [5.41, 5.74) is 2.31. The van der Waals surface area contributed by atoms with Gasteiger partial charge in [-0.25, -0.2) is 0 Å². The van der Waals surface area contributed by atoms with Gasteiger partial charge in [-0.1, -0.05) is 24.3 Å². The maximum atomic E-state index is 12.5. The molecule has 2 amide bonds. The summed E-state index contributed by atoms with van der Waals surface area (Å²) in [4.78, 5) is 26.0. The molecule has 0 spiro atoms. The summed E-state index contributed by atoms with van der Waals surface area (Å²) in [6, 6.07) is 12.8. The van der Waals surface area contributed by atoms with E-state index in [4.69, 9.17) is 0 Å². The Morgan fingerprint density at radius 1 is 1.15 bits per heavy atom. The molecule has 5 nitrogen and oxygen atoms in total. The standard InChI is InChI=1S/C20H18F2N2O3/c1-13(25)24-11-10-14-4-2-3-5-17(14)18(24)12-19(26)23-15-6-8-16(9-7-15)27-20(21)22/h2-11,18,20H,12H2,1H3,(H,23,26)/t18-/m0/s1. The number of hydrogen-bond donors (Lipinski definition) is 1. The van der Waals surface area contributed by atoms with Crippen LogP contribution in [0.15, 0.2) is 54.7 Å². The van der Waals surface area contributed by atoms with Crippen molar-refractivity contribution in [2.75, 3.05) is 5.32 Å². The summed E-state index contributed by atoms with van der Waals surface area (Å²) in [6.07, 6.45) is 3.59. The Labute approximate surface area is 155 Å². The van der Waals surface area contributed by atoms with Crippen LogP contribution in [-0.4, -0.2) is 23.3 Å². The molecule has 1 aliphatic rings. The topological polar surface area (TPSA) is 58.6 Å². The van der Waals surface area contributed by atoms with Gasteiger partial charge in [0, 0.05) is 18.8 Å². The molecule has 0 fully saturated rings. The van der Waals surface area contributed by atoms with Crippen molar-refractivity contribution in [3.05, 3.63) is 65.9 Å². The van der Waals surface area contributed by atoms with Gasteiger partial charge in [0.2, 0.25) is 11.8 Å². The molecule has 1 N–H and O–H groups in total. The molecular weight excluding hydrogens is 354 g/mol. The molecule has 0 aromatic heterocycles. The van der Waals surface area contributed by atoms with Crippen molar-refractivity contribution in [3.8, 4) is 5.75 Å². The minimum absolute atomic E-state index is 0.0112. The second-order valence-corrected chi connectivity index (χ2v) is 6.04. The summed E-state index contributed by atoms with van der Waals surface area (Å²) in [5.74, 6) is -0.442. The molecule has 0 radical (unpaired) electrons. The molecule has 0 saturated carbocycles. The van der Waals surface area contributed by atoms with Gasteiger partial charge in [0.25, 0.3) is 0 Å². The van der Waals surface area contributed by atoms with Crippen LogP contribution < -0.4 is 10.1 Å². The van der Waals surface area contributed by atoms with E-state index in [1.54, 1.807) is 6.20 Å². The fraction of sp³-hybridized carbons (Fsp3) is 0.200. The van der Waals surface area contributed by atoms with E-state index in [0.717, 1.165) is 11.1 Å². The molecule has 3 rings (SSSR count). The molecule has 0 bridgehead atoms. The fourth-order valence-corrected chi connectivity index (χ4v) is 3.02. The number of nitrogens with zero attached hydrogens (tertiary/aromatic N) is 1. The zero-order valence-electron chi connectivity index (χ0n) is 14.6. The molecule has 7 heteroatoms. The van der Waals surface area contributed by atoms with Gasteiger partial charge < -0.3 is 15.0 Å². The Morgan fingerprint density at radius 2 is 1.85 bits per heavy atom. The lowest BCUT2D eigenvalue weighted by Crippen LogP contribution is -2.33. The molecule has 0 unspecified atom stereocenters. The Morgan fingerprint density at radius 3 is 2.52 bits per heavy atom. The molecule has 1 aliphatic heterocycles. The summed E-state index contributed by atoms with van der Waals surface area (Å²) in [6.45, 7) is -1.45. The lowest BCUT2D eigenvalue weighted by atomic mass is 9.93. The second-order valence-electron chi connectivity index (χ2n) is 6.04. The smallest absolute Gasteiger partial charge is 0.387 e. The molecule has 0 aliphatic carbocycles. The first-order valence-corrected chi connectivity index (χ1v) is 8.35. The minimum atomic E-state index is -2.90. The quantitative estimate of drug-likeness (QED) is 0.856. The number of rotatable bonds is 5. The van der Waals surface area contributed by atoms with Gasteiger partial charge in [0.15, 0.2) is 0 Å². The number of halogens is 2. The Kier molecular flexibility index (Phi) is 5.49. The third kappa shape index (κ3) is 4.49. The van der Waals surface area contributed by atoms with Crippen LogP contribution in [0, 0.1) is 0 Å². The van der Waals surface area contributed by atoms with Crippen LogP contribution in [0.25, 0.3) is 6.08 Å². The Hall–Kier alpha value is -3.22. The number of nitrogens with one attached hydrogen (secondary N) is 1. The number of hydrogen-bond acceptors (Lipinski definition) is 3. The van der Waals surface area contributed by atoms with E-state index in [2.05, 4.69) is 10.1 Å². The van der Waals surface area contributed by atoms with Crippen LogP contribution in [-0.2, 0) is 9.59 Å². The molecule has 0 saturated heterocycles. The first-order valence-electron chi connectivity index (χ1n) is 8.35. The predicted molar refractivity (Wildman–Crippen MR) is 97.1 cm³/mol. The molecule has 2 aromatic carbocycles. The zero-order chi connectivity index (χ0) is 19.4. The highest BCUT2D eigenvalue weighted by molar-refractivity contribution is 5.92. The SMILES string of the molecule is CC(=O)N1C=Cc2ccccc2[C@@H]1CC(=O)Nc1ccc(OC(F)F)cc1. The third-order valence-electron chi connectivity index (χ3n) is 4.21. The summed E-state index contributed by atoms with van der Waals surface area (Å²) < 4.78 is 28.6. The second kappa shape index (κ2) is 7.99. The van der Waals surface area contributed by atoms with Gasteiger partial charge in [-0.2, -0.15) is 8.78 Å².